The van der Waals surface area contributed by atoms with Crippen molar-refractivity contribution in [2.45, 2.75) is 31.7 Å². The number of nitrogens with one attached hydrogen (secondary N) is 2. The number of amides is 1. The highest BCUT2D eigenvalue weighted by atomic mass is 19.1. The van der Waals surface area contributed by atoms with Crippen LogP contribution in [-0.4, -0.2) is 21.4 Å². The summed E-state index contributed by atoms with van der Waals surface area (Å²) in [6.45, 7) is 1.99. The molecule has 1 aromatic carbocycles. The fraction of sp³-hybridized carbons (Fsp3) is 0.318. The van der Waals surface area contributed by atoms with Gasteiger partial charge >= 0.3 is 0 Å². The molecule has 0 aliphatic heterocycles. The lowest BCUT2D eigenvalue weighted by Gasteiger charge is -2.72. The SMILES string of the molecule is CC(C(=O)Nc1ccc(F)cc1)C12CC(Nc3nccc4cccnc34)(C1)C2. The summed E-state index contributed by atoms with van der Waals surface area (Å²) in [6, 6.07) is 11.8. The molecule has 1 unspecified atom stereocenters. The molecule has 2 bridgehead atoms. The number of hydrogen-bond donors (Lipinski definition) is 2. The molecule has 3 fully saturated rings. The standard InChI is InChI=1S/C22H21FN4O/c1-14(20(28)26-17-6-4-16(23)5-7-17)21-11-22(12-21,13-21)27-19-18-15(8-10-25-19)3-2-9-24-18/h2-10,14H,11-13H2,1H3,(H,25,27)(H,26,28). The first kappa shape index (κ1) is 17.1. The predicted octanol–water partition coefficient (Wildman–Crippen LogP) is 4.38. The quantitative estimate of drug-likeness (QED) is 0.694. The molecule has 2 heterocycles. The normalized spacial score (nSPS) is 26.1. The largest absolute Gasteiger partial charge is 0.363 e. The lowest BCUT2D eigenvalue weighted by Crippen LogP contribution is -2.74. The molecule has 3 aromatic rings. The number of benzene rings is 1. The maximum atomic E-state index is 13.0. The Morgan fingerprint density at radius 2 is 1.82 bits per heavy atom. The van der Waals surface area contributed by atoms with Gasteiger partial charge in [-0.15, -0.1) is 0 Å². The zero-order valence-corrected chi connectivity index (χ0v) is 15.6. The monoisotopic (exact) mass is 376 g/mol. The number of carbonyl (C=O) groups excluding carboxylic acids is 1. The Labute approximate surface area is 162 Å². The van der Waals surface area contributed by atoms with E-state index in [1.807, 2.05) is 25.1 Å². The van der Waals surface area contributed by atoms with Crippen LogP contribution in [0.1, 0.15) is 26.2 Å². The zero-order valence-electron chi connectivity index (χ0n) is 15.6. The van der Waals surface area contributed by atoms with E-state index < -0.39 is 0 Å². The van der Waals surface area contributed by atoms with Gasteiger partial charge in [0.1, 0.15) is 11.3 Å². The number of anilines is 2. The zero-order chi connectivity index (χ0) is 19.4. The Kier molecular flexibility index (Phi) is 3.66. The van der Waals surface area contributed by atoms with Crippen LogP contribution >= 0.6 is 0 Å². The smallest absolute Gasteiger partial charge is 0.227 e. The van der Waals surface area contributed by atoms with Gasteiger partial charge in [-0.25, -0.2) is 9.37 Å². The molecule has 1 amide bonds. The first-order valence-electron chi connectivity index (χ1n) is 9.53. The summed E-state index contributed by atoms with van der Waals surface area (Å²) in [5.74, 6) is 0.398. The van der Waals surface area contributed by atoms with Crippen LogP contribution in [0.2, 0.25) is 0 Å². The number of hydrogen-bond acceptors (Lipinski definition) is 4. The van der Waals surface area contributed by atoms with Crippen LogP contribution in [-0.2, 0) is 4.79 Å². The van der Waals surface area contributed by atoms with Crippen LogP contribution in [0.15, 0.2) is 54.9 Å². The summed E-state index contributed by atoms with van der Waals surface area (Å²) in [5, 5.41) is 7.56. The molecule has 28 heavy (non-hydrogen) atoms. The summed E-state index contributed by atoms with van der Waals surface area (Å²) < 4.78 is 13.0. The van der Waals surface area contributed by atoms with Gasteiger partial charge in [-0.05, 0) is 61.1 Å². The third kappa shape index (κ3) is 2.63. The Morgan fingerprint density at radius 3 is 2.57 bits per heavy atom. The lowest BCUT2D eigenvalue weighted by molar-refractivity contribution is -0.166. The van der Waals surface area contributed by atoms with E-state index in [1.54, 1.807) is 24.5 Å². The molecule has 6 rings (SSSR count). The molecule has 0 radical (unpaired) electrons. The van der Waals surface area contributed by atoms with Crippen LogP contribution in [0.4, 0.5) is 15.9 Å². The average Bonchev–Trinajstić information content (AvgIpc) is 2.65. The maximum Gasteiger partial charge on any atom is 0.227 e. The Bertz CT molecular complexity index is 1040. The van der Waals surface area contributed by atoms with Crippen molar-refractivity contribution in [1.29, 1.82) is 0 Å². The molecule has 5 nitrogen and oxygen atoms in total. The van der Waals surface area contributed by atoms with Gasteiger partial charge in [0.05, 0.1) is 0 Å². The number of rotatable bonds is 5. The molecule has 6 heteroatoms. The highest BCUT2D eigenvalue weighted by Crippen LogP contribution is 2.71. The van der Waals surface area contributed by atoms with Crippen LogP contribution in [0, 0.1) is 17.2 Å². The van der Waals surface area contributed by atoms with Crippen LogP contribution in [0.5, 0.6) is 0 Å². The molecule has 142 valence electrons. The summed E-state index contributed by atoms with van der Waals surface area (Å²) in [5.41, 5.74) is 1.56. The number of carbonyl (C=O) groups is 1. The van der Waals surface area contributed by atoms with Gasteiger partial charge in [0.2, 0.25) is 5.91 Å². The summed E-state index contributed by atoms with van der Waals surface area (Å²) >= 11 is 0. The van der Waals surface area contributed by atoms with Gasteiger partial charge in [-0.1, -0.05) is 13.0 Å². The fourth-order valence-electron chi connectivity index (χ4n) is 4.87. The number of pyridine rings is 2. The highest BCUT2D eigenvalue weighted by molar-refractivity contribution is 5.93. The molecule has 3 saturated carbocycles. The maximum absolute atomic E-state index is 13.0. The molecule has 1 atom stereocenters. The summed E-state index contributed by atoms with van der Waals surface area (Å²) in [4.78, 5) is 21.6. The average molecular weight is 376 g/mol. The van der Waals surface area contributed by atoms with Gasteiger partial charge in [0.15, 0.2) is 5.82 Å². The molecule has 3 aliphatic rings. The van der Waals surface area contributed by atoms with Crippen LogP contribution < -0.4 is 10.6 Å². The van der Waals surface area contributed by atoms with Crippen molar-refractivity contribution in [2.75, 3.05) is 10.6 Å². The van der Waals surface area contributed by atoms with Gasteiger partial charge < -0.3 is 10.6 Å². The minimum atomic E-state index is -0.310. The van der Waals surface area contributed by atoms with Crippen LogP contribution in [0.3, 0.4) is 0 Å². The first-order chi connectivity index (χ1) is 13.5. The third-order valence-corrected chi connectivity index (χ3v) is 6.40. The first-order valence-corrected chi connectivity index (χ1v) is 9.53. The van der Waals surface area contributed by atoms with Crippen molar-refractivity contribution in [1.82, 2.24) is 9.97 Å². The van der Waals surface area contributed by atoms with Gasteiger partial charge in [-0.2, -0.15) is 0 Å². The minimum Gasteiger partial charge on any atom is -0.363 e. The fourth-order valence-corrected chi connectivity index (χ4v) is 4.87. The van der Waals surface area contributed by atoms with Crippen molar-refractivity contribution < 1.29 is 9.18 Å². The van der Waals surface area contributed by atoms with E-state index in [4.69, 9.17) is 0 Å². The molecular weight excluding hydrogens is 355 g/mol. The lowest BCUT2D eigenvalue weighted by atomic mass is 9.36. The van der Waals surface area contributed by atoms with E-state index >= 15 is 0 Å². The number of aromatic nitrogens is 2. The second-order valence-corrected chi connectivity index (χ2v) is 8.25. The van der Waals surface area contributed by atoms with Crippen molar-refractivity contribution >= 4 is 28.3 Å². The van der Waals surface area contributed by atoms with Gasteiger partial charge in [-0.3, -0.25) is 9.78 Å². The highest BCUT2D eigenvalue weighted by Gasteiger charge is 2.70. The van der Waals surface area contributed by atoms with Crippen molar-refractivity contribution in [3.63, 3.8) is 0 Å². The molecule has 2 aromatic heterocycles. The molecule has 0 spiro atoms. The van der Waals surface area contributed by atoms with E-state index in [2.05, 4.69) is 20.6 Å². The van der Waals surface area contributed by atoms with E-state index in [9.17, 15) is 9.18 Å². The second kappa shape index (κ2) is 5.99. The Hall–Kier alpha value is -3.02. The Balaban J connectivity index is 1.25. The number of nitrogens with zero attached hydrogens (tertiary/aromatic N) is 2. The Morgan fingerprint density at radius 1 is 1.07 bits per heavy atom. The van der Waals surface area contributed by atoms with Gasteiger partial charge in [0.25, 0.3) is 0 Å². The number of fused-ring (bicyclic) bond motifs is 1. The predicted molar refractivity (Wildman–Crippen MR) is 106 cm³/mol. The molecule has 3 aliphatic carbocycles. The van der Waals surface area contributed by atoms with Crippen molar-refractivity contribution in [3.05, 3.63) is 60.7 Å². The molecule has 0 saturated heterocycles. The summed E-state index contributed by atoms with van der Waals surface area (Å²) in [6.07, 6.45) is 6.42. The molecule has 2 N–H and O–H groups in total. The summed E-state index contributed by atoms with van der Waals surface area (Å²) in [7, 11) is 0. The van der Waals surface area contributed by atoms with Crippen molar-refractivity contribution in [3.8, 4) is 0 Å². The van der Waals surface area contributed by atoms with E-state index in [-0.39, 0.29) is 28.6 Å². The third-order valence-electron chi connectivity index (χ3n) is 6.40. The van der Waals surface area contributed by atoms with E-state index in [0.29, 0.717) is 5.69 Å². The van der Waals surface area contributed by atoms with E-state index in [1.165, 1.54) is 12.1 Å². The molecular formula is C22H21FN4O. The van der Waals surface area contributed by atoms with Crippen molar-refractivity contribution in [2.24, 2.45) is 11.3 Å². The minimum absolute atomic E-state index is 0.00939. The topological polar surface area (TPSA) is 66.9 Å². The number of halogens is 1. The van der Waals surface area contributed by atoms with Crippen LogP contribution in [0.25, 0.3) is 10.9 Å². The second-order valence-electron chi connectivity index (χ2n) is 8.25. The van der Waals surface area contributed by atoms with E-state index in [0.717, 1.165) is 36.0 Å². The van der Waals surface area contributed by atoms with Gasteiger partial charge in [0, 0.05) is 34.9 Å².